The minimum Gasteiger partial charge on any atom is -0.537 e. The van der Waals surface area contributed by atoms with E-state index in [1.165, 1.54) is 4.90 Å². The summed E-state index contributed by atoms with van der Waals surface area (Å²) in [6.07, 6.45) is 0. The molecule has 0 saturated heterocycles. The monoisotopic (exact) mass is 242 g/mol. The SMILES string of the molecule is O[B]Oc1ccc2c(c1)Sc1ccccc1N2. The van der Waals surface area contributed by atoms with Gasteiger partial charge in [0.05, 0.1) is 11.4 Å². The highest BCUT2D eigenvalue weighted by atomic mass is 32.2. The zero-order valence-electron chi connectivity index (χ0n) is 8.88. The molecule has 83 valence electrons. The van der Waals surface area contributed by atoms with Gasteiger partial charge in [0.2, 0.25) is 0 Å². The van der Waals surface area contributed by atoms with Crippen LogP contribution in [0.15, 0.2) is 52.3 Å². The van der Waals surface area contributed by atoms with Gasteiger partial charge in [-0.15, -0.1) is 0 Å². The number of hydrogen-bond donors (Lipinski definition) is 2. The van der Waals surface area contributed by atoms with Gasteiger partial charge in [0.25, 0.3) is 0 Å². The third-order valence-corrected chi connectivity index (χ3v) is 3.65. The molecule has 17 heavy (non-hydrogen) atoms. The Bertz CT molecular complexity index is 562. The molecule has 0 aliphatic carbocycles. The second-order valence-corrected chi connectivity index (χ2v) is 4.69. The molecule has 3 nitrogen and oxygen atoms in total. The maximum absolute atomic E-state index is 8.61. The molecule has 1 heterocycles. The Morgan fingerprint density at radius 2 is 1.88 bits per heavy atom. The van der Waals surface area contributed by atoms with Crippen LogP contribution in [0.2, 0.25) is 0 Å². The van der Waals surface area contributed by atoms with Gasteiger partial charge in [0.15, 0.2) is 0 Å². The maximum Gasteiger partial charge on any atom is 0.569 e. The average molecular weight is 242 g/mol. The fourth-order valence-electron chi connectivity index (χ4n) is 1.75. The first-order chi connectivity index (χ1) is 8.36. The Kier molecular flexibility index (Phi) is 2.70. The molecule has 0 bridgehead atoms. The van der Waals surface area contributed by atoms with E-state index >= 15 is 0 Å². The van der Waals surface area contributed by atoms with E-state index in [4.69, 9.17) is 9.68 Å². The van der Waals surface area contributed by atoms with E-state index in [0.717, 1.165) is 16.3 Å². The highest BCUT2D eigenvalue weighted by Crippen LogP contribution is 2.44. The minimum absolute atomic E-state index is 0.625. The average Bonchev–Trinajstić information content (AvgIpc) is 2.36. The predicted molar refractivity (Wildman–Crippen MR) is 68.9 cm³/mol. The van der Waals surface area contributed by atoms with E-state index in [0.29, 0.717) is 13.4 Å². The number of nitrogens with one attached hydrogen (secondary N) is 1. The van der Waals surface area contributed by atoms with Gasteiger partial charge in [-0.25, -0.2) is 0 Å². The first kappa shape index (κ1) is 10.6. The van der Waals surface area contributed by atoms with E-state index in [1.807, 2.05) is 30.3 Å². The lowest BCUT2D eigenvalue weighted by atomic mass is 10.2. The van der Waals surface area contributed by atoms with Gasteiger partial charge in [-0.3, -0.25) is 0 Å². The summed E-state index contributed by atoms with van der Waals surface area (Å²) >= 11 is 1.68. The van der Waals surface area contributed by atoms with Crippen LogP contribution in [-0.4, -0.2) is 12.7 Å². The Morgan fingerprint density at radius 3 is 2.76 bits per heavy atom. The van der Waals surface area contributed by atoms with E-state index in [-0.39, 0.29) is 0 Å². The summed E-state index contributed by atoms with van der Waals surface area (Å²) in [5, 5.41) is 12.0. The molecule has 0 spiro atoms. The highest BCUT2D eigenvalue weighted by Gasteiger charge is 2.15. The standard InChI is InChI=1S/C12H9BNO2S/c15-13-16-8-5-6-10-12(7-8)17-11-4-2-1-3-9(11)14-10/h1-7,14-15H. The predicted octanol–water partition coefficient (Wildman–Crippen LogP) is 2.80. The van der Waals surface area contributed by atoms with Gasteiger partial charge in [-0.05, 0) is 30.3 Å². The molecule has 0 atom stereocenters. The zero-order chi connectivity index (χ0) is 11.7. The summed E-state index contributed by atoms with van der Waals surface area (Å²) in [4.78, 5) is 2.27. The lowest BCUT2D eigenvalue weighted by Gasteiger charge is -2.21. The smallest absolute Gasteiger partial charge is 0.537 e. The van der Waals surface area contributed by atoms with Gasteiger partial charge >= 0.3 is 7.69 Å². The molecule has 0 saturated carbocycles. The molecule has 0 aromatic heterocycles. The fourth-order valence-corrected chi connectivity index (χ4v) is 2.76. The fraction of sp³-hybridized carbons (Fsp3) is 0. The van der Waals surface area contributed by atoms with Crippen molar-refractivity contribution in [2.75, 3.05) is 5.32 Å². The Labute approximate surface area is 104 Å². The van der Waals surface area contributed by atoms with Crippen LogP contribution in [0.25, 0.3) is 0 Å². The Morgan fingerprint density at radius 1 is 1.06 bits per heavy atom. The molecule has 1 aliphatic heterocycles. The van der Waals surface area contributed by atoms with Gasteiger partial charge in [-0.1, -0.05) is 23.9 Å². The second-order valence-electron chi connectivity index (χ2n) is 3.60. The second kappa shape index (κ2) is 4.35. The quantitative estimate of drug-likeness (QED) is 0.678. The van der Waals surface area contributed by atoms with Gasteiger partial charge in [0.1, 0.15) is 5.75 Å². The van der Waals surface area contributed by atoms with Crippen LogP contribution in [0.4, 0.5) is 11.4 Å². The van der Waals surface area contributed by atoms with Crippen molar-refractivity contribution in [2.24, 2.45) is 0 Å². The van der Waals surface area contributed by atoms with Crippen LogP contribution >= 0.6 is 11.8 Å². The minimum atomic E-state index is 0.625. The van der Waals surface area contributed by atoms with E-state index in [9.17, 15) is 0 Å². The summed E-state index contributed by atoms with van der Waals surface area (Å²) in [5.41, 5.74) is 2.17. The van der Waals surface area contributed by atoms with Crippen LogP contribution in [0.1, 0.15) is 0 Å². The number of fused-ring (bicyclic) bond motifs is 2. The molecule has 0 fully saturated rings. The molecule has 3 rings (SSSR count). The van der Waals surface area contributed by atoms with Crippen LogP contribution in [0.5, 0.6) is 5.75 Å². The summed E-state index contributed by atoms with van der Waals surface area (Å²) in [6.45, 7) is 0. The van der Waals surface area contributed by atoms with Crippen molar-refractivity contribution in [3.05, 3.63) is 42.5 Å². The molecule has 2 aromatic carbocycles. The van der Waals surface area contributed by atoms with Crippen molar-refractivity contribution in [2.45, 2.75) is 9.79 Å². The number of para-hydroxylation sites is 1. The molecule has 1 radical (unpaired) electrons. The molecule has 2 aromatic rings. The molecule has 5 heteroatoms. The number of anilines is 2. The summed E-state index contributed by atoms with van der Waals surface area (Å²) in [7, 11) is 0.691. The van der Waals surface area contributed by atoms with Crippen molar-refractivity contribution in [1.29, 1.82) is 0 Å². The molecule has 2 N–H and O–H groups in total. The normalized spacial score (nSPS) is 12.1. The first-order valence-electron chi connectivity index (χ1n) is 5.17. The van der Waals surface area contributed by atoms with Crippen LogP contribution in [0.3, 0.4) is 0 Å². The lowest BCUT2D eigenvalue weighted by Crippen LogP contribution is -2.02. The van der Waals surface area contributed by atoms with Crippen LogP contribution in [-0.2, 0) is 0 Å². The summed E-state index contributed by atoms with van der Waals surface area (Å²) < 4.78 is 4.95. The van der Waals surface area contributed by atoms with Crippen molar-refractivity contribution in [1.82, 2.24) is 0 Å². The highest BCUT2D eigenvalue weighted by molar-refractivity contribution is 7.99. The van der Waals surface area contributed by atoms with Crippen molar-refractivity contribution in [3.63, 3.8) is 0 Å². The summed E-state index contributed by atoms with van der Waals surface area (Å²) in [6, 6.07) is 13.8. The van der Waals surface area contributed by atoms with Gasteiger partial charge < -0.3 is 15.0 Å². The van der Waals surface area contributed by atoms with Gasteiger partial charge in [-0.2, -0.15) is 0 Å². The van der Waals surface area contributed by atoms with Crippen LogP contribution in [0, 0.1) is 0 Å². The number of hydrogen-bond acceptors (Lipinski definition) is 4. The topological polar surface area (TPSA) is 41.5 Å². The Balaban J connectivity index is 1.97. The van der Waals surface area contributed by atoms with Gasteiger partial charge in [0, 0.05) is 9.79 Å². The molecule has 1 aliphatic rings. The van der Waals surface area contributed by atoms with Crippen molar-refractivity contribution >= 4 is 30.8 Å². The third kappa shape index (κ3) is 1.99. The lowest BCUT2D eigenvalue weighted by molar-refractivity contribution is 0.453. The number of rotatable bonds is 2. The molecule has 0 amide bonds. The molecule has 0 unspecified atom stereocenters. The zero-order valence-corrected chi connectivity index (χ0v) is 9.70. The first-order valence-corrected chi connectivity index (χ1v) is 5.99. The van der Waals surface area contributed by atoms with Crippen molar-refractivity contribution < 1.29 is 9.68 Å². The maximum atomic E-state index is 8.61. The van der Waals surface area contributed by atoms with E-state index in [1.54, 1.807) is 11.8 Å². The van der Waals surface area contributed by atoms with Crippen molar-refractivity contribution in [3.8, 4) is 5.75 Å². The van der Waals surface area contributed by atoms with Crippen LogP contribution < -0.4 is 9.97 Å². The van der Waals surface area contributed by atoms with E-state index in [2.05, 4.69) is 17.4 Å². The van der Waals surface area contributed by atoms with E-state index < -0.39 is 0 Å². The number of benzene rings is 2. The molecular formula is C12H9BNO2S. The largest absolute Gasteiger partial charge is 0.569 e. The molecular weight excluding hydrogens is 233 g/mol. The summed E-state index contributed by atoms with van der Waals surface area (Å²) in [5.74, 6) is 0.625. The Hall–Kier alpha value is -1.59. The third-order valence-electron chi connectivity index (χ3n) is 2.52.